The molecule has 0 amide bonds. The lowest BCUT2D eigenvalue weighted by molar-refractivity contribution is -0.137. The number of carbonyl (C=O) groups excluding carboxylic acids is 1. The van der Waals surface area contributed by atoms with E-state index in [1.165, 1.54) is 16.7 Å². The van der Waals surface area contributed by atoms with Gasteiger partial charge in [0.15, 0.2) is 0 Å². The Morgan fingerprint density at radius 1 is 1.54 bits per heavy atom. The molecule has 3 rings (SSSR count). The van der Waals surface area contributed by atoms with Crippen LogP contribution in [-0.2, 0) is 14.3 Å². The van der Waals surface area contributed by atoms with Gasteiger partial charge in [0.05, 0.1) is 18.6 Å². The fraction of sp³-hybridized carbons (Fsp3) is 0.889. The van der Waals surface area contributed by atoms with Gasteiger partial charge in [-0.05, 0) is 18.4 Å². The predicted octanol–water partition coefficient (Wildman–Crippen LogP) is -0.365. The van der Waals surface area contributed by atoms with Crippen molar-refractivity contribution in [2.24, 2.45) is 5.41 Å². The van der Waals surface area contributed by atoms with E-state index in [0.717, 1.165) is 12.0 Å². The summed E-state index contributed by atoms with van der Waals surface area (Å²) in [6, 6.07) is 0. The predicted molar refractivity (Wildman–Crippen MR) is 49.6 cm³/mol. The van der Waals surface area contributed by atoms with Gasteiger partial charge < -0.3 is 9.47 Å². The van der Waals surface area contributed by atoms with Crippen molar-refractivity contribution in [2.75, 3.05) is 6.61 Å². The van der Waals surface area contributed by atoms with Crippen LogP contribution in [0.2, 0.25) is 5.54 Å². The topological polar surface area (TPSA) is 35.5 Å². The molecule has 3 nitrogen and oxygen atoms in total. The third kappa shape index (κ3) is 0.957. The molecule has 4 atom stereocenters. The summed E-state index contributed by atoms with van der Waals surface area (Å²) in [6.07, 6.45) is 3.62. The average Bonchev–Trinajstić information content (AvgIpc) is 2.68. The number of carbonyl (C=O) groups is 1. The van der Waals surface area contributed by atoms with E-state index in [1.807, 2.05) is 0 Å². The molecule has 0 aliphatic carbocycles. The zero-order valence-electron chi connectivity index (χ0n) is 7.79. The molecule has 1 spiro atoms. The summed E-state index contributed by atoms with van der Waals surface area (Å²) in [4.78, 5) is 11.1. The van der Waals surface area contributed by atoms with Crippen molar-refractivity contribution >= 4 is 16.2 Å². The first kappa shape index (κ1) is 8.00. The summed E-state index contributed by atoms with van der Waals surface area (Å²) in [5, 5.41) is 0. The van der Waals surface area contributed by atoms with Crippen molar-refractivity contribution in [1.29, 1.82) is 0 Å². The molecular weight excluding hydrogens is 184 g/mol. The van der Waals surface area contributed by atoms with E-state index in [1.54, 1.807) is 0 Å². The number of hydrogen-bond donors (Lipinski definition) is 0. The molecule has 72 valence electrons. The SMILES string of the molecule is O=C1CC2(CO1)CC1OC2CC1[SiH3]. The van der Waals surface area contributed by atoms with Gasteiger partial charge in [0.2, 0.25) is 0 Å². The van der Waals surface area contributed by atoms with Crippen LogP contribution in [0.3, 0.4) is 0 Å². The van der Waals surface area contributed by atoms with E-state index in [9.17, 15) is 4.79 Å². The van der Waals surface area contributed by atoms with Gasteiger partial charge in [-0.25, -0.2) is 0 Å². The van der Waals surface area contributed by atoms with Crippen LogP contribution in [0.15, 0.2) is 0 Å². The average molecular weight is 198 g/mol. The molecule has 0 aromatic carbocycles. The summed E-state index contributed by atoms with van der Waals surface area (Å²) >= 11 is 0. The highest BCUT2D eigenvalue weighted by Gasteiger charge is 2.58. The number of hydrogen-bond acceptors (Lipinski definition) is 3. The number of esters is 1. The second-order valence-corrected chi connectivity index (χ2v) is 6.26. The van der Waals surface area contributed by atoms with E-state index in [0.29, 0.717) is 25.2 Å². The Labute approximate surface area is 80.2 Å². The molecular formula is C9H14O3Si. The van der Waals surface area contributed by atoms with Gasteiger partial charge in [-0.2, -0.15) is 0 Å². The first-order valence-electron chi connectivity index (χ1n) is 5.01. The minimum absolute atomic E-state index is 0.0268. The van der Waals surface area contributed by atoms with E-state index in [-0.39, 0.29) is 11.4 Å². The summed E-state index contributed by atoms with van der Waals surface area (Å²) in [6.45, 7) is 0.612. The highest BCUT2D eigenvalue weighted by molar-refractivity contribution is 6.12. The summed E-state index contributed by atoms with van der Waals surface area (Å²) in [5.74, 6) is -0.0268. The van der Waals surface area contributed by atoms with Crippen LogP contribution in [0.4, 0.5) is 0 Å². The van der Waals surface area contributed by atoms with Gasteiger partial charge in [-0.3, -0.25) is 4.79 Å². The van der Waals surface area contributed by atoms with Gasteiger partial charge >= 0.3 is 5.97 Å². The molecule has 0 aromatic heterocycles. The van der Waals surface area contributed by atoms with Gasteiger partial charge in [0.1, 0.15) is 6.61 Å². The number of cyclic esters (lactones) is 1. The largest absolute Gasteiger partial charge is 0.465 e. The molecule has 3 heterocycles. The van der Waals surface area contributed by atoms with Crippen molar-refractivity contribution in [1.82, 2.24) is 0 Å². The molecule has 0 aromatic rings. The lowest BCUT2D eigenvalue weighted by atomic mass is 9.73. The molecule has 13 heavy (non-hydrogen) atoms. The Morgan fingerprint density at radius 3 is 2.85 bits per heavy atom. The Bertz CT molecular complexity index is 266. The van der Waals surface area contributed by atoms with Crippen LogP contribution >= 0.6 is 0 Å². The Morgan fingerprint density at radius 2 is 2.38 bits per heavy atom. The molecule has 3 aliphatic rings. The third-order valence-electron chi connectivity index (χ3n) is 3.87. The quantitative estimate of drug-likeness (QED) is 0.394. The molecule has 0 radical (unpaired) electrons. The zero-order chi connectivity index (χ0) is 9.05. The molecule has 4 heteroatoms. The smallest absolute Gasteiger partial charge is 0.306 e. The summed E-state index contributed by atoms with van der Waals surface area (Å²) in [7, 11) is 1.22. The lowest BCUT2D eigenvalue weighted by Crippen LogP contribution is -2.34. The van der Waals surface area contributed by atoms with Gasteiger partial charge in [-0.1, -0.05) is 0 Å². The Hall–Kier alpha value is -0.353. The van der Waals surface area contributed by atoms with E-state index in [4.69, 9.17) is 9.47 Å². The maximum Gasteiger partial charge on any atom is 0.306 e. The zero-order valence-corrected chi connectivity index (χ0v) is 9.79. The molecule has 3 fully saturated rings. The first-order valence-corrected chi connectivity index (χ1v) is 6.16. The Balaban J connectivity index is 1.85. The normalized spacial score (nSPS) is 53.5. The van der Waals surface area contributed by atoms with E-state index in [2.05, 4.69) is 0 Å². The minimum Gasteiger partial charge on any atom is -0.465 e. The van der Waals surface area contributed by atoms with Gasteiger partial charge in [0.25, 0.3) is 0 Å². The maximum atomic E-state index is 11.1. The first-order chi connectivity index (χ1) is 6.20. The van der Waals surface area contributed by atoms with Gasteiger partial charge in [-0.15, -0.1) is 0 Å². The second-order valence-electron chi connectivity index (χ2n) is 4.78. The van der Waals surface area contributed by atoms with Crippen LogP contribution in [0, 0.1) is 5.41 Å². The Kier molecular flexibility index (Phi) is 1.45. The molecule has 0 saturated carbocycles. The molecule has 4 unspecified atom stereocenters. The maximum absolute atomic E-state index is 11.1. The monoisotopic (exact) mass is 198 g/mol. The second kappa shape index (κ2) is 2.36. The highest BCUT2D eigenvalue weighted by Crippen LogP contribution is 2.55. The summed E-state index contributed by atoms with van der Waals surface area (Å²) < 4.78 is 10.9. The van der Waals surface area contributed by atoms with Gasteiger partial charge in [0, 0.05) is 15.7 Å². The number of ether oxygens (including phenoxy) is 2. The molecule has 2 bridgehead atoms. The summed E-state index contributed by atoms with van der Waals surface area (Å²) in [5.41, 5.74) is 0.897. The van der Waals surface area contributed by atoms with Crippen LogP contribution in [0.1, 0.15) is 19.3 Å². The van der Waals surface area contributed by atoms with Crippen molar-refractivity contribution in [3.05, 3.63) is 0 Å². The van der Waals surface area contributed by atoms with Crippen LogP contribution < -0.4 is 0 Å². The molecule has 3 aliphatic heterocycles. The van der Waals surface area contributed by atoms with E-state index < -0.39 is 0 Å². The van der Waals surface area contributed by atoms with Crippen molar-refractivity contribution < 1.29 is 14.3 Å². The highest BCUT2D eigenvalue weighted by atomic mass is 28.1. The number of rotatable bonds is 0. The van der Waals surface area contributed by atoms with Crippen LogP contribution in [-0.4, -0.2) is 35.0 Å². The fourth-order valence-corrected chi connectivity index (χ4v) is 3.84. The molecule has 3 saturated heterocycles. The van der Waals surface area contributed by atoms with Crippen molar-refractivity contribution in [2.45, 2.75) is 37.0 Å². The van der Waals surface area contributed by atoms with Crippen LogP contribution in [0.5, 0.6) is 0 Å². The lowest BCUT2D eigenvalue weighted by Gasteiger charge is -2.29. The van der Waals surface area contributed by atoms with E-state index >= 15 is 0 Å². The van der Waals surface area contributed by atoms with Crippen molar-refractivity contribution in [3.8, 4) is 0 Å². The molecule has 0 N–H and O–H groups in total. The fourth-order valence-electron chi connectivity index (χ4n) is 3.02. The van der Waals surface area contributed by atoms with Crippen molar-refractivity contribution in [3.63, 3.8) is 0 Å². The third-order valence-corrected chi connectivity index (χ3v) is 5.08. The number of fused-ring (bicyclic) bond motifs is 3. The van der Waals surface area contributed by atoms with Crippen LogP contribution in [0.25, 0.3) is 0 Å². The standard InChI is InChI=1S/C9H14O3Si/c10-8-3-9(4-11-8)2-5-6(13)1-7(9)12-5/h5-7H,1-4H2,13H3. The minimum atomic E-state index is -0.0268.